The summed E-state index contributed by atoms with van der Waals surface area (Å²) in [6, 6.07) is 2.89. The zero-order valence-corrected chi connectivity index (χ0v) is 21.8. The third-order valence-electron chi connectivity index (χ3n) is 7.30. The molecular weight excluding hydrogens is 539 g/mol. The minimum absolute atomic E-state index is 0.0257. The highest BCUT2D eigenvalue weighted by atomic mass is 19.4. The fourth-order valence-corrected chi connectivity index (χ4v) is 4.92. The van der Waals surface area contributed by atoms with Crippen molar-refractivity contribution in [1.29, 1.82) is 0 Å². The van der Waals surface area contributed by atoms with E-state index in [0.717, 1.165) is 12.8 Å². The normalized spacial score (nSPS) is 18.9. The van der Waals surface area contributed by atoms with Crippen molar-refractivity contribution in [1.82, 2.24) is 25.4 Å². The van der Waals surface area contributed by atoms with Gasteiger partial charge in [-0.15, -0.1) is 0 Å². The quantitative estimate of drug-likeness (QED) is 0.369. The van der Waals surface area contributed by atoms with E-state index in [4.69, 9.17) is 0 Å². The van der Waals surface area contributed by atoms with E-state index in [1.165, 1.54) is 29.2 Å². The van der Waals surface area contributed by atoms with Crippen LogP contribution >= 0.6 is 0 Å². The molecule has 2 fully saturated rings. The van der Waals surface area contributed by atoms with Gasteiger partial charge in [0, 0.05) is 38.7 Å². The summed E-state index contributed by atoms with van der Waals surface area (Å²) in [5, 5.41) is 11.9. The molecule has 0 spiro atoms. The van der Waals surface area contributed by atoms with Gasteiger partial charge in [-0.25, -0.2) is 13.8 Å². The topological polar surface area (TPSA) is 118 Å². The molecule has 2 aliphatic rings. The van der Waals surface area contributed by atoms with E-state index in [1.54, 1.807) is 13.1 Å². The molecule has 2 aromatic heterocycles. The number of aryl methyl sites for hydroxylation is 1. The smallest absolute Gasteiger partial charge is 0.349 e. The number of amides is 3. The second kappa shape index (κ2) is 11.9. The Balaban J connectivity index is 1.48. The number of aromatic nitrogens is 3. The van der Waals surface area contributed by atoms with Gasteiger partial charge in [0.2, 0.25) is 17.7 Å². The highest BCUT2D eigenvalue weighted by molar-refractivity contribution is 6.00. The number of pyridine rings is 1. The van der Waals surface area contributed by atoms with Crippen LogP contribution in [-0.2, 0) is 16.6 Å². The first kappa shape index (κ1) is 29.4. The zero-order valence-electron chi connectivity index (χ0n) is 21.8. The van der Waals surface area contributed by atoms with Crippen molar-refractivity contribution in [3.63, 3.8) is 0 Å². The lowest BCUT2D eigenvalue weighted by Crippen LogP contribution is -2.50. The number of hydrogen-bond acceptors (Lipinski definition) is 5. The molecule has 2 aliphatic carbocycles. The van der Waals surface area contributed by atoms with Gasteiger partial charge in [0.1, 0.15) is 17.6 Å². The first-order valence-electron chi connectivity index (χ1n) is 13.1. The van der Waals surface area contributed by atoms with Crippen LogP contribution in [-0.4, -0.2) is 50.6 Å². The molecule has 14 heteroatoms. The molecule has 0 radical (unpaired) electrons. The van der Waals surface area contributed by atoms with Gasteiger partial charge in [0.05, 0.1) is 12.5 Å². The predicted molar refractivity (Wildman–Crippen MR) is 133 cm³/mol. The highest BCUT2D eigenvalue weighted by Crippen LogP contribution is 2.42. The summed E-state index contributed by atoms with van der Waals surface area (Å²) in [7, 11) is 1.55. The Morgan fingerprint density at radius 1 is 1.05 bits per heavy atom. The largest absolute Gasteiger partial charge is 0.389 e. The van der Waals surface area contributed by atoms with Crippen LogP contribution in [0.3, 0.4) is 0 Å². The number of alkyl halides is 5. The van der Waals surface area contributed by atoms with Gasteiger partial charge >= 0.3 is 6.18 Å². The molecule has 0 bridgehead atoms. The van der Waals surface area contributed by atoms with E-state index in [2.05, 4.69) is 26.0 Å². The summed E-state index contributed by atoms with van der Waals surface area (Å²) < 4.78 is 66.6. The lowest BCUT2D eigenvalue weighted by Gasteiger charge is -2.33. The number of anilines is 1. The highest BCUT2D eigenvalue weighted by Gasteiger charge is 2.41. The van der Waals surface area contributed by atoms with Gasteiger partial charge in [-0.1, -0.05) is 0 Å². The van der Waals surface area contributed by atoms with Crippen LogP contribution < -0.4 is 16.0 Å². The van der Waals surface area contributed by atoms with E-state index in [-0.39, 0.29) is 30.3 Å². The van der Waals surface area contributed by atoms with E-state index < -0.39 is 73.5 Å². The third-order valence-corrected chi connectivity index (χ3v) is 7.30. The van der Waals surface area contributed by atoms with Crippen LogP contribution in [0, 0.1) is 11.8 Å². The fraction of sp³-hybridized carbons (Fsp3) is 0.577. The molecule has 9 nitrogen and oxygen atoms in total. The molecule has 0 saturated heterocycles. The number of rotatable bonds is 10. The van der Waals surface area contributed by atoms with Crippen LogP contribution in [0.15, 0.2) is 30.6 Å². The number of carbonyl (C=O) groups is 3. The van der Waals surface area contributed by atoms with Gasteiger partial charge in [0.25, 0.3) is 5.91 Å². The minimum Gasteiger partial charge on any atom is -0.349 e. The molecule has 1 unspecified atom stereocenters. The second-order valence-electron chi connectivity index (χ2n) is 10.4. The van der Waals surface area contributed by atoms with Crippen molar-refractivity contribution in [2.24, 2.45) is 18.9 Å². The Labute approximate surface area is 227 Å². The molecular formula is C26H31F5N6O3. The number of hydrogen-bond donors (Lipinski definition) is 3. The van der Waals surface area contributed by atoms with E-state index in [9.17, 15) is 36.3 Å². The summed E-state index contributed by atoms with van der Waals surface area (Å²) in [5.41, 5.74) is 0.744. The maximum atomic E-state index is 13.8. The van der Waals surface area contributed by atoms with Crippen molar-refractivity contribution in [3.8, 4) is 0 Å². The number of halogens is 5. The molecule has 2 atom stereocenters. The Morgan fingerprint density at radius 3 is 2.35 bits per heavy atom. The van der Waals surface area contributed by atoms with E-state index in [1.807, 2.05) is 0 Å². The second-order valence-corrected chi connectivity index (χ2v) is 10.4. The maximum Gasteiger partial charge on any atom is 0.389 e. The van der Waals surface area contributed by atoms with Crippen LogP contribution in [0.4, 0.5) is 27.8 Å². The molecule has 218 valence electrons. The fourth-order valence-electron chi connectivity index (χ4n) is 4.92. The Kier molecular flexibility index (Phi) is 8.74. The van der Waals surface area contributed by atoms with Gasteiger partial charge in [-0.3, -0.25) is 19.1 Å². The van der Waals surface area contributed by atoms with Gasteiger partial charge < -0.3 is 16.0 Å². The summed E-state index contributed by atoms with van der Waals surface area (Å²) in [4.78, 5) is 42.6. The number of nitrogens with zero attached hydrogens (tertiary/aromatic N) is 3. The number of nitrogens with one attached hydrogen (secondary N) is 3. The monoisotopic (exact) mass is 570 g/mol. The first-order valence-corrected chi connectivity index (χ1v) is 13.1. The summed E-state index contributed by atoms with van der Waals surface area (Å²) in [6.45, 7) is 0. The van der Waals surface area contributed by atoms with Crippen molar-refractivity contribution < 1.29 is 36.3 Å². The van der Waals surface area contributed by atoms with Crippen molar-refractivity contribution >= 4 is 23.5 Å². The van der Waals surface area contributed by atoms with Gasteiger partial charge in [-0.05, 0) is 61.3 Å². The molecule has 3 N–H and O–H groups in total. The maximum absolute atomic E-state index is 13.8. The molecule has 2 heterocycles. The average molecular weight is 571 g/mol. The van der Waals surface area contributed by atoms with E-state index in [0.29, 0.717) is 5.56 Å². The SMILES string of the molecule is Cn1nccc1C(=O)N[C@H](C(=O)Nc1cc(C(NC(=O)CCC(F)(F)F)C2CC2)ccn1)C1CCC(F)(F)CC1. The van der Waals surface area contributed by atoms with Crippen molar-refractivity contribution in [2.45, 2.75) is 75.5 Å². The summed E-state index contributed by atoms with van der Waals surface area (Å²) in [6.07, 6.45) is -2.77. The Morgan fingerprint density at radius 2 is 1.75 bits per heavy atom. The Bertz CT molecular complexity index is 1220. The minimum atomic E-state index is -4.45. The molecule has 0 aliphatic heterocycles. The van der Waals surface area contributed by atoms with Gasteiger partial charge in [0.15, 0.2) is 0 Å². The zero-order chi connectivity index (χ0) is 29.1. The lowest BCUT2D eigenvalue weighted by atomic mass is 9.81. The van der Waals surface area contributed by atoms with Crippen LogP contribution in [0.1, 0.15) is 73.5 Å². The predicted octanol–water partition coefficient (Wildman–Crippen LogP) is 4.29. The summed E-state index contributed by atoms with van der Waals surface area (Å²) >= 11 is 0. The van der Waals surface area contributed by atoms with Crippen LogP contribution in [0.5, 0.6) is 0 Å². The molecule has 4 rings (SSSR count). The standard InChI is InChI=1S/C26H31F5N6O3/c1-37-18(8-13-33-37)23(39)36-22(16-4-9-25(27,28)10-5-16)24(40)34-19-14-17(7-12-32-19)21(15-2-3-15)35-20(38)6-11-26(29,30)31/h7-8,12-16,21-22H,2-6,9-11H2,1H3,(H,35,38)(H,36,39)(H,32,34,40)/t21?,22-/m0/s1. The summed E-state index contributed by atoms with van der Waals surface area (Å²) in [5.74, 6) is -5.21. The van der Waals surface area contributed by atoms with E-state index >= 15 is 0 Å². The lowest BCUT2D eigenvalue weighted by molar-refractivity contribution is -0.144. The molecule has 2 aromatic rings. The van der Waals surface area contributed by atoms with Gasteiger partial charge in [-0.2, -0.15) is 18.3 Å². The third kappa shape index (κ3) is 7.98. The molecule has 40 heavy (non-hydrogen) atoms. The van der Waals surface area contributed by atoms with Crippen molar-refractivity contribution in [3.05, 3.63) is 41.9 Å². The van der Waals surface area contributed by atoms with Crippen molar-refractivity contribution in [2.75, 3.05) is 5.32 Å². The van der Waals surface area contributed by atoms with Crippen LogP contribution in [0.2, 0.25) is 0 Å². The number of carbonyl (C=O) groups excluding carboxylic acids is 3. The van der Waals surface area contributed by atoms with Crippen LogP contribution in [0.25, 0.3) is 0 Å². The average Bonchev–Trinajstić information content (AvgIpc) is 3.63. The first-order chi connectivity index (χ1) is 18.8. The molecule has 0 aromatic carbocycles. The molecule has 2 saturated carbocycles. The Hall–Kier alpha value is -3.58. The molecule has 3 amide bonds.